The maximum Gasteiger partial charge on any atom is 0.489 e. The number of benzene rings is 6. The predicted octanol–water partition coefficient (Wildman–Crippen LogP) is 12.0. The van der Waals surface area contributed by atoms with Gasteiger partial charge < -0.3 is 42.4 Å². The summed E-state index contributed by atoms with van der Waals surface area (Å²) in [4.78, 5) is 92.3. The van der Waals surface area contributed by atoms with Gasteiger partial charge in [-0.25, -0.2) is 73.6 Å². The fourth-order valence-electron chi connectivity index (χ4n) is 8.95. The molecule has 0 aliphatic rings. The maximum atomic E-state index is 14.4. The van der Waals surface area contributed by atoms with Crippen LogP contribution in [-0.2, 0) is 23.9 Å². The third-order valence-corrected chi connectivity index (χ3v) is 15.2. The average Bonchev–Trinajstić information content (AvgIpc) is 0.767. The number of hydrogen-bond acceptors (Lipinski definition) is 24. The number of pyridine rings is 4. The molecule has 0 fully saturated rings. The Balaban J connectivity index is 0.000000175. The number of para-hydroxylation sites is 4. The minimum Gasteiger partial charge on any atom is -0.481 e. The van der Waals surface area contributed by atoms with Crippen molar-refractivity contribution < 1.29 is 47.9 Å². The van der Waals surface area contributed by atoms with Crippen molar-refractivity contribution in [2.45, 2.75) is 27.7 Å². The zero-order valence-electron chi connectivity index (χ0n) is 54.0. The molecule has 8 heterocycles. The van der Waals surface area contributed by atoms with E-state index in [4.69, 9.17) is 32.4 Å². The third-order valence-electron chi connectivity index (χ3n) is 13.2. The number of rotatable bonds is 5. The molecule has 0 bridgehead atoms. The van der Waals surface area contributed by atoms with Crippen LogP contribution in [0, 0.1) is 23.0 Å². The number of hydrogen-bond donors (Lipinski definition) is 7. The lowest BCUT2D eigenvalue weighted by atomic mass is 9.78. The summed E-state index contributed by atoms with van der Waals surface area (Å²) in [5.74, 6) is -1.39. The number of nitrogens with zero attached hydrogens (tertiary/aromatic N) is 14. The zero-order chi connectivity index (χ0) is 73.8. The highest BCUT2D eigenvalue weighted by Crippen LogP contribution is 2.36. The molecule has 102 heavy (non-hydrogen) atoms. The Morgan fingerprint density at radius 1 is 0.490 bits per heavy atom. The lowest BCUT2D eigenvalue weighted by molar-refractivity contribution is -0.156. The lowest BCUT2D eigenvalue weighted by Crippen LogP contribution is -2.31. The van der Waals surface area contributed by atoms with Gasteiger partial charge in [0.2, 0.25) is 5.91 Å². The van der Waals surface area contributed by atoms with Gasteiger partial charge in [0, 0.05) is 97.1 Å². The van der Waals surface area contributed by atoms with E-state index in [1.165, 1.54) is 76.9 Å². The smallest absolute Gasteiger partial charge is 0.481 e. The second kappa shape index (κ2) is 38.2. The molecule has 1 amide bonds. The van der Waals surface area contributed by atoms with Crippen LogP contribution in [-0.4, -0.2) is 111 Å². The molecule has 32 heteroatoms. The van der Waals surface area contributed by atoms with E-state index >= 15 is 0 Å². The molecule has 6 aromatic carbocycles. The Hall–Kier alpha value is -12.3. The van der Waals surface area contributed by atoms with Crippen LogP contribution in [0.5, 0.6) is 0 Å². The molecule has 0 aliphatic heterocycles. The number of amides is 1. The Morgan fingerprint density at radius 2 is 0.922 bits per heavy atom. The molecule has 14 rings (SSSR count). The fourth-order valence-corrected chi connectivity index (χ4v) is 10.2. The van der Waals surface area contributed by atoms with E-state index < -0.39 is 30.8 Å². The molecule has 0 spiro atoms. The summed E-state index contributed by atoms with van der Waals surface area (Å²) >= 11 is 9.99. The van der Waals surface area contributed by atoms with Gasteiger partial charge in [-0.1, -0.05) is 60.7 Å². The molecule has 512 valence electrons. The number of carbonyl (C=O) groups excluding carboxylic acids is 3. The number of carbonyl (C=O) groups is 4. The third kappa shape index (κ3) is 21.9. The molecular weight excluding hydrogens is 1510 g/mol. The standard InChI is InChI=1S/C22H14FN5.C14H10BFN2O2.C10H8BrN3O.C8H6BrN3.C7H5BrN2.C4H6O3.C3H3N3.C2H4O2/c23-18-9-2-1-5-15(18)19-11-17(14-8-4-10-25-22(14)28-19)13-6-3-7-16-20(13)26-12-27-21(16)24;16-12-6-2-1-4-10(12)13-8-11(15(19)20)9-5-3-7-17-14(9)18-13;1-6(15)14-10-7-3-2-4-8(11)9(7)12-5-13-10;9-6-3-1-2-5-7(6)11-4-12-8(5)10;8-6-3-1-2-5(4-9)7(6)10;1-3(5)7-4(2)6;1-4-2-6-3-5-1;1-2(3)4/h1-12H,(H2,24,26,27);1-8,19-20H;2-5H,1H3,(H,12,13,14,15);1-4H,(H2,10,11,12);1-3H,10H2;1-2H3;1-3H;1H3,(H,3,4). The number of ether oxygens (including phenoxy) is 1. The summed E-state index contributed by atoms with van der Waals surface area (Å²) in [5, 5.41) is 41.4. The minimum atomic E-state index is -1.67. The van der Waals surface area contributed by atoms with Gasteiger partial charge >= 0.3 is 19.1 Å². The van der Waals surface area contributed by atoms with Crippen LogP contribution in [0.3, 0.4) is 0 Å². The number of carboxylic acids is 1. The number of aromatic nitrogens is 13. The lowest BCUT2D eigenvalue weighted by Gasteiger charge is -2.12. The van der Waals surface area contributed by atoms with Gasteiger partial charge in [-0.3, -0.25) is 19.2 Å². The molecule has 0 unspecified atom stereocenters. The maximum absolute atomic E-state index is 14.4. The monoisotopic (exact) mass is 1560 g/mol. The number of nitrogens with one attached hydrogen (secondary N) is 1. The van der Waals surface area contributed by atoms with Crippen molar-refractivity contribution in [1.29, 1.82) is 5.26 Å². The molecule has 0 saturated carbocycles. The Bertz CT molecular complexity index is 5250. The molecule has 8 aromatic heterocycles. The van der Waals surface area contributed by atoms with Crippen molar-refractivity contribution in [3.63, 3.8) is 0 Å². The SMILES string of the molecule is CC(=O)Nc1ncnc2c(Br)cccc12.CC(=O)O.CC(=O)OC(C)=O.N#Cc1cccc(Br)c1N.Nc1ncnc2c(-c3cc(-c4ccccc4F)nc4ncccc34)cccc12.Nc1ncnc2c(Br)cccc12.OB(O)c1cc(-c2ccccc2F)nc2ncccc12.c1ncncn1. The number of nitrogen functional groups attached to an aromatic ring is 3. The predicted molar refractivity (Wildman–Crippen MR) is 395 cm³/mol. The van der Waals surface area contributed by atoms with E-state index in [0.29, 0.717) is 67.9 Å². The molecule has 0 atom stereocenters. The molecule has 14 aromatic rings. The summed E-state index contributed by atoms with van der Waals surface area (Å²) < 4.78 is 34.8. The second-order valence-corrected chi connectivity index (χ2v) is 22.9. The highest BCUT2D eigenvalue weighted by atomic mass is 79.9. The number of nitrogens with two attached hydrogens (primary N) is 3. The van der Waals surface area contributed by atoms with Gasteiger partial charge in [-0.05, 0) is 156 Å². The number of esters is 2. The van der Waals surface area contributed by atoms with Crippen molar-refractivity contribution in [1.82, 2.24) is 64.8 Å². The number of nitriles is 1. The van der Waals surface area contributed by atoms with Crippen molar-refractivity contribution in [2.24, 2.45) is 0 Å². The Morgan fingerprint density at radius 3 is 1.40 bits per heavy atom. The van der Waals surface area contributed by atoms with Crippen LogP contribution in [0.4, 0.5) is 31.9 Å². The normalized spacial score (nSPS) is 10.0. The molecule has 0 radical (unpaired) electrons. The Labute approximate surface area is 604 Å². The van der Waals surface area contributed by atoms with Crippen molar-refractivity contribution in [3.8, 4) is 39.7 Å². The van der Waals surface area contributed by atoms with Crippen LogP contribution in [0.2, 0.25) is 0 Å². The van der Waals surface area contributed by atoms with Gasteiger partial charge in [-0.15, -0.1) is 0 Å². The minimum absolute atomic E-state index is 0.144. The van der Waals surface area contributed by atoms with E-state index in [0.717, 1.165) is 69.6 Å². The number of fused-ring (bicyclic) bond motifs is 5. The summed E-state index contributed by atoms with van der Waals surface area (Å²) in [7, 11) is -1.67. The van der Waals surface area contributed by atoms with E-state index in [-0.39, 0.29) is 17.2 Å². The number of anilines is 4. The molecule has 0 aliphatic carbocycles. The highest BCUT2D eigenvalue weighted by Gasteiger charge is 2.20. The molecule has 26 nitrogen and oxygen atoms in total. The van der Waals surface area contributed by atoms with Crippen LogP contribution >= 0.6 is 47.8 Å². The largest absolute Gasteiger partial charge is 0.489 e. The summed E-state index contributed by atoms with van der Waals surface area (Å²) in [6, 6.07) is 47.6. The zero-order valence-corrected chi connectivity index (χ0v) is 58.7. The highest BCUT2D eigenvalue weighted by molar-refractivity contribution is 9.11. The average molecular weight is 1570 g/mol. The first-order valence-electron chi connectivity index (χ1n) is 29.5. The first kappa shape index (κ1) is 77.1. The van der Waals surface area contributed by atoms with Crippen LogP contribution < -0.4 is 28.0 Å². The summed E-state index contributed by atoms with van der Waals surface area (Å²) in [5.41, 5.74) is 25.0. The van der Waals surface area contributed by atoms with Gasteiger partial charge in [0.1, 0.15) is 73.1 Å². The fraction of sp³-hybridized carbons (Fsp3) is 0.0571. The van der Waals surface area contributed by atoms with Gasteiger partial charge in [-0.2, -0.15) is 5.26 Å². The van der Waals surface area contributed by atoms with Gasteiger partial charge in [0.05, 0.1) is 39.2 Å². The topological polar surface area (TPSA) is 420 Å². The second-order valence-electron chi connectivity index (χ2n) is 20.3. The van der Waals surface area contributed by atoms with Gasteiger partial charge in [0.25, 0.3) is 5.97 Å². The Kier molecular flexibility index (Phi) is 28.9. The molecule has 0 saturated heterocycles. The van der Waals surface area contributed by atoms with E-state index in [9.17, 15) is 33.2 Å². The van der Waals surface area contributed by atoms with Crippen molar-refractivity contribution in [3.05, 3.63) is 239 Å². The van der Waals surface area contributed by atoms with Crippen LogP contribution in [0.1, 0.15) is 33.3 Å². The van der Waals surface area contributed by atoms with Crippen LogP contribution in [0.15, 0.2) is 222 Å². The quantitative estimate of drug-likeness (QED) is 0.0364. The van der Waals surface area contributed by atoms with E-state index in [2.05, 4.69) is 123 Å². The molecular formula is C70H56BBr3F2N18O8. The van der Waals surface area contributed by atoms with Crippen molar-refractivity contribution >= 4 is 162 Å². The number of aliphatic carboxylic acids is 1. The van der Waals surface area contributed by atoms with Crippen molar-refractivity contribution in [2.75, 3.05) is 22.5 Å². The summed E-state index contributed by atoms with van der Waals surface area (Å²) in [6.07, 6.45) is 11.9. The number of carboxylic acid groups (broad SMARTS) is 1. The van der Waals surface area contributed by atoms with Crippen LogP contribution in [0.25, 0.3) is 88.4 Å². The first-order valence-corrected chi connectivity index (χ1v) is 31.9. The van der Waals surface area contributed by atoms with E-state index in [1.54, 1.807) is 79.1 Å². The molecule has 10 N–H and O–H groups in total. The summed E-state index contributed by atoms with van der Waals surface area (Å²) in [6.45, 7) is 4.90. The number of halogens is 5. The van der Waals surface area contributed by atoms with E-state index in [1.807, 2.05) is 78.9 Å². The van der Waals surface area contributed by atoms with Gasteiger partial charge in [0.15, 0.2) is 11.3 Å². The first-order chi connectivity index (χ1) is 49.0.